The Hall–Kier alpha value is -2.42. The van der Waals surface area contributed by atoms with Crippen molar-refractivity contribution in [3.8, 4) is 11.8 Å². The van der Waals surface area contributed by atoms with Crippen molar-refractivity contribution in [1.82, 2.24) is 0 Å². The molecule has 1 aromatic rings. The molecule has 0 aliphatic rings. The van der Waals surface area contributed by atoms with Gasteiger partial charge in [0.05, 0.1) is 23.7 Å². The first kappa shape index (κ1) is 11.7. The second-order valence-electron chi connectivity index (χ2n) is 2.99. The van der Waals surface area contributed by atoms with E-state index in [0.717, 1.165) is 6.07 Å². The average molecular weight is 220 g/mol. The van der Waals surface area contributed by atoms with Crippen LogP contribution in [0.15, 0.2) is 12.1 Å². The number of benzene rings is 1. The fourth-order valence-electron chi connectivity index (χ4n) is 1.25. The number of ether oxygens (including phenoxy) is 1. The Morgan fingerprint density at radius 3 is 2.56 bits per heavy atom. The first-order valence-corrected chi connectivity index (χ1v) is 4.28. The molecule has 0 atom stereocenters. The molecule has 0 unspecified atom stereocenters. The van der Waals surface area contributed by atoms with Crippen LogP contribution >= 0.6 is 0 Å². The van der Waals surface area contributed by atoms with Crippen LogP contribution in [0, 0.1) is 21.4 Å². The molecule has 0 saturated heterocycles. The summed E-state index contributed by atoms with van der Waals surface area (Å²) in [5, 5.41) is 19.4. The largest absolute Gasteiger partial charge is 0.496 e. The van der Waals surface area contributed by atoms with Crippen molar-refractivity contribution in [1.29, 1.82) is 5.26 Å². The van der Waals surface area contributed by atoms with Gasteiger partial charge in [0.1, 0.15) is 17.4 Å². The fraction of sp³-hybridized carbons (Fsp3) is 0.200. The van der Waals surface area contributed by atoms with Crippen LogP contribution in [0.4, 0.5) is 5.69 Å². The summed E-state index contributed by atoms with van der Waals surface area (Å²) < 4.78 is 4.86. The number of rotatable bonds is 3. The molecule has 0 spiro atoms. The number of ketones is 1. The van der Waals surface area contributed by atoms with Gasteiger partial charge in [-0.2, -0.15) is 5.26 Å². The van der Waals surface area contributed by atoms with E-state index in [4.69, 9.17) is 10.00 Å². The van der Waals surface area contributed by atoms with E-state index >= 15 is 0 Å². The van der Waals surface area contributed by atoms with E-state index < -0.39 is 4.92 Å². The minimum absolute atomic E-state index is 0.0956. The van der Waals surface area contributed by atoms with Crippen molar-refractivity contribution < 1.29 is 14.5 Å². The van der Waals surface area contributed by atoms with Crippen LogP contribution in [0.3, 0.4) is 0 Å². The first-order valence-electron chi connectivity index (χ1n) is 4.28. The number of nitro benzene ring substituents is 1. The predicted octanol–water partition coefficient (Wildman–Crippen LogP) is 1.68. The Kier molecular flexibility index (Phi) is 3.20. The number of nitriles is 1. The number of Topliss-reactive ketones (excluding diaryl/α,β-unsaturated/α-hetero) is 1. The van der Waals surface area contributed by atoms with Crippen LogP contribution in [0.5, 0.6) is 5.75 Å². The molecule has 6 nitrogen and oxygen atoms in total. The van der Waals surface area contributed by atoms with Gasteiger partial charge >= 0.3 is 0 Å². The summed E-state index contributed by atoms with van der Waals surface area (Å²) in [6.07, 6.45) is 0. The highest BCUT2D eigenvalue weighted by Gasteiger charge is 2.20. The molecule has 0 heterocycles. The fourth-order valence-corrected chi connectivity index (χ4v) is 1.25. The van der Waals surface area contributed by atoms with E-state index in [1.807, 2.05) is 0 Å². The zero-order valence-electron chi connectivity index (χ0n) is 8.68. The molecule has 0 amide bonds. The Labute approximate surface area is 91.2 Å². The molecule has 0 aliphatic carbocycles. The SMILES string of the molecule is COc1cc([N+](=O)[O-])c(C#N)cc1C(C)=O. The molecule has 16 heavy (non-hydrogen) atoms. The average Bonchev–Trinajstić information content (AvgIpc) is 2.26. The van der Waals surface area contributed by atoms with E-state index in [1.165, 1.54) is 20.1 Å². The molecule has 0 fully saturated rings. The molecule has 0 N–H and O–H groups in total. The quantitative estimate of drug-likeness (QED) is 0.438. The van der Waals surface area contributed by atoms with Crippen LogP contribution < -0.4 is 4.74 Å². The van der Waals surface area contributed by atoms with E-state index in [1.54, 1.807) is 6.07 Å². The number of hydrogen-bond acceptors (Lipinski definition) is 5. The lowest BCUT2D eigenvalue weighted by molar-refractivity contribution is -0.385. The molecular weight excluding hydrogens is 212 g/mol. The molecule has 1 aromatic carbocycles. The van der Waals surface area contributed by atoms with E-state index in [2.05, 4.69) is 0 Å². The van der Waals surface area contributed by atoms with Gasteiger partial charge in [0.2, 0.25) is 0 Å². The summed E-state index contributed by atoms with van der Waals surface area (Å²) in [4.78, 5) is 21.2. The zero-order chi connectivity index (χ0) is 12.3. The van der Waals surface area contributed by atoms with Gasteiger partial charge in [0.25, 0.3) is 5.69 Å². The van der Waals surface area contributed by atoms with Crippen molar-refractivity contribution in [3.05, 3.63) is 33.4 Å². The second kappa shape index (κ2) is 4.40. The van der Waals surface area contributed by atoms with Gasteiger partial charge in [0, 0.05) is 0 Å². The lowest BCUT2D eigenvalue weighted by Crippen LogP contribution is -2.01. The van der Waals surface area contributed by atoms with Crippen molar-refractivity contribution >= 4 is 11.5 Å². The van der Waals surface area contributed by atoms with Gasteiger partial charge in [-0.3, -0.25) is 14.9 Å². The molecule has 0 aliphatic heterocycles. The smallest absolute Gasteiger partial charge is 0.290 e. The third-order valence-electron chi connectivity index (χ3n) is 2.01. The summed E-state index contributed by atoms with van der Waals surface area (Å²) in [5.74, 6) is -0.221. The Balaban J connectivity index is 3.54. The lowest BCUT2D eigenvalue weighted by Gasteiger charge is -2.06. The van der Waals surface area contributed by atoms with E-state index in [-0.39, 0.29) is 28.3 Å². The van der Waals surface area contributed by atoms with Gasteiger partial charge < -0.3 is 4.74 Å². The maximum atomic E-state index is 11.2. The molecule has 0 radical (unpaired) electrons. The normalized spacial score (nSPS) is 9.31. The summed E-state index contributed by atoms with van der Waals surface area (Å²) in [6.45, 7) is 1.30. The van der Waals surface area contributed by atoms with E-state index in [9.17, 15) is 14.9 Å². The molecule has 1 rings (SSSR count). The maximum absolute atomic E-state index is 11.2. The highest BCUT2D eigenvalue weighted by atomic mass is 16.6. The van der Waals surface area contributed by atoms with Crippen LogP contribution in [0.1, 0.15) is 22.8 Å². The van der Waals surface area contributed by atoms with Gasteiger partial charge in [-0.25, -0.2) is 0 Å². The van der Waals surface area contributed by atoms with Crippen molar-refractivity contribution in [2.24, 2.45) is 0 Å². The maximum Gasteiger partial charge on any atom is 0.290 e. The Morgan fingerprint density at radius 1 is 1.56 bits per heavy atom. The third kappa shape index (κ3) is 1.98. The topological polar surface area (TPSA) is 93.2 Å². The standard InChI is InChI=1S/C10H8N2O4/c1-6(13)8-3-7(5-11)9(12(14)15)4-10(8)16-2/h3-4H,1-2H3. The van der Waals surface area contributed by atoms with Crippen molar-refractivity contribution in [2.45, 2.75) is 6.92 Å². The molecule has 0 bridgehead atoms. The lowest BCUT2D eigenvalue weighted by atomic mass is 10.1. The second-order valence-corrected chi connectivity index (χ2v) is 2.99. The minimum Gasteiger partial charge on any atom is -0.496 e. The Morgan fingerprint density at radius 2 is 2.19 bits per heavy atom. The van der Waals surface area contributed by atoms with Crippen LogP contribution in [0.25, 0.3) is 0 Å². The third-order valence-corrected chi connectivity index (χ3v) is 2.01. The first-order chi connectivity index (χ1) is 7.51. The van der Waals surface area contributed by atoms with Crippen LogP contribution in [-0.4, -0.2) is 17.8 Å². The molecule has 0 saturated carbocycles. The highest BCUT2D eigenvalue weighted by molar-refractivity contribution is 5.97. The number of nitrogens with zero attached hydrogens (tertiary/aromatic N) is 2. The number of hydrogen-bond donors (Lipinski definition) is 0. The Bertz CT molecular complexity index is 502. The highest BCUT2D eigenvalue weighted by Crippen LogP contribution is 2.28. The molecule has 0 aromatic heterocycles. The number of carbonyl (C=O) groups excluding carboxylic acids is 1. The molecular formula is C10H8N2O4. The molecule has 6 heteroatoms. The van der Waals surface area contributed by atoms with Crippen molar-refractivity contribution in [3.63, 3.8) is 0 Å². The summed E-state index contributed by atoms with van der Waals surface area (Å²) in [5.41, 5.74) is -0.370. The van der Waals surface area contributed by atoms with Crippen LogP contribution in [0.2, 0.25) is 0 Å². The van der Waals surface area contributed by atoms with Gasteiger partial charge in [-0.1, -0.05) is 0 Å². The summed E-state index contributed by atoms with van der Waals surface area (Å²) in [7, 11) is 1.30. The monoisotopic (exact) mass is 220 g/mol. The summed E-state index contributed by atoms with van der Waals surface area (Å²) >= 11 is 0. The van der Waals surface area contributed by atoms with Gasteiger partial charge in [-0.15, -0.1) is 0 Å². The number of nitro groups is 1. The van der Waals surface area contributed by atoms with Crippen LogP contribution in [-0.2, 0) is 0 Å². The van der Waals surface area contributed by atoms with Gasteiger partial charge in [-0.05, 0) is 13.0 Å². The van der Waals surface area contributed by atoms with Crippen molar-refractivity contribution in [2.75, 3.05) is 7.11 Å². The number of methoxy groups -OCH3 is 1. The van der Waals surface area contributed by atoms with Gasteiger partial charge in [0.15, 0.2) is 5.78 Å². The predicted molar refractivity (Wildman–Crippen MR) is 54.4 cm³/mol. The summed E-state index contributed by atoms with van der Waals surface area (Å²) in [6, 6.07) is 3.92. The van der Waals surface area contributed by atoms with E-state index in [0.29, 0.717) is 0 Å². The molecule has 82 valence electrons. The minimum atomic E-state index is -0.689. The zero-order valence-corrected chi connectivity index (χ0v) is 8.68. The number of carbonyl (C=O) groups is 1.